The lowest BCUT2D eigenvalue weighted by molar-refractivity contribution is 0.752. The van der Waals surface area contributed by atoms with E-state index in [1.54, 1.807) is 23.1 Å². The van der Waals surface area contributed by atoms with Crippen molar-refractivity contribution in [1.29, 1.82) is 0 Å². The quantitative estimate of drug-likeness (QED) is 0.612. The molecule has 0 aliphatic rings. The molecular weight excluding hydrogens is 316 g/mol. The van der Waals surface area contributed by atoms with Gasteiger partial charge in [0.25, 0.3) is 0 Å². The molecule has 1 unspecified atom stereocenters. The third-order valence-electron chi connectivity index (χ3n) is 3.47. The molecule has 1 aromatic heterocycles. The summed E-state index contributed by atoms with van der Waals surface area (Å²) in [6, 6.07) is 10.8. The van der Waals surface area contributed by atoms with Crippen molar-refractivity contribution in [3.05, 3.63) is 46.2 Å². The van der Waals surface area contributed by atoms with Gasteiger partial charge in [-0.3, -0.25) is 0 Å². The average Bonchev–Trinajstić information content (AvgIpc) is 2.99. The Labute approximate surface area is 140 Å². The van der Waals surface area contributed by atoms with Gasteiger partial charge in [0.15, 0.2) is 0 Å². The summed E-state index contributed by atoms with van der Waals surface area (Å²) in [6.45, 7) is 4.34. The van der Waals surface area contributed by atoms with Crippen molar-refractivity contribution in [3.8, 4) is 0 Å². The zero-order chi connectivity index (χ0) is 15.4. The van der Waals surface area contributed by atoms with E-state index in [2.05, 4.69) is 61.5 Å². The maximum atomic E-state index is 6.00. The number of anilines is 1. The molecule has 1 heterocycles. The van der Waals surface area contributed by atoms with Crippen molar-refractivity contribution in [2.24, 2.45) is 5.73 Å². The van der Waals surface area contributed by atoms with Crippen molar-refractivity contribution in [1.82, 2.24) is 0 Å². The highest BCUT2D eigenvalue weighted by atomic mass is 32.2. The predicted octanol–water partition coefficient (Wildman–Crippen LogP) is 4.69. The van der Waals surface area contributed by atoms with Gasteiger partial charge in [0.1, 0.15) is 4.99 Å². The largest absolute Gasteiger partial charge is 0.389 e. The third-order valence-corrected chi connectivity index (χ3v) is 5.65. The summed E-state index contributed by atoms with van der Waals surface area (Å²) in [6.07, 6.45) is 0. The molecule has 21 heavy (non-hydrogen) atoms. The van der Waals surface area contributed by atoms with Crippen LogP contribution in [-0.4, -0.2) is 17.8 Å². The molecule has 2 rings (SSSR count). The van der Waals surface area contributed by atoms with Gasteiger partial charge in [-0.25, -0.2) is 0 Å². The van der Waals surface area contributed by atoms with Gasteiger partial charge in [0.05, 0.1) is 6.04 Å². The van der Waals surface area contributed by atoms with Gasteiger partial charge in [0.2, 0.25) is 0 Å². The van der Waals surface area contributed by atoms with Gasteiger partial charge < -0.3 is 10.6 Å². The fourth-order valence-corrected chi connectivity index (χ4v) is 4.22. The Bertz CT molecular complexity index is 608. The second kappa shape index (κ2) is 7.29. The normalized spacial score (nSPS) is 12.1. The molecule has 0 aliphatic heterocycles. The van der Waals surface area contributed by atoms with Gasteiger partial charge in [-0.15, -0.1) is 23.1 Å². The van der Waals surface area contributed by atoms with Gasteiger partial charge in [-0.1, -0.05) is 31.3 Å². The molecule has 0 saturated heterocycles. The summed E-state index contributed by atoms with van der Waals surface area (Å²) in [4.78, 5) is 5.21. The molecule has 112 valence electrons. The molecule has 0 bridgehead atoms. The molecule has 0 aliphatic carbocycles. The molecule has 2 nitrogen and oxygen atoms in total. The molecule has 2 N–H and O–H groups in total. The van der Waals surface area contributed by atoms with Crippen LogP contribution < -0.4 is 10.6 Å². The lowest BCUT2D eigenvalue weighted by atomic mass is 10.1. The topological polar surface area (TPSA) is 29.3 Å². The smallest absolute Gasteiger partial charge is 0.107 e. The van der Waals surface area contributed by atoms with Crippen molar-refractivity contribution >= 4 is 46.0 Å². The first-order chi connectivity index (χ1) is 10.1. The first kappa shape index (κ1) is 16.3. The Kier molecular flexibility index (Phi) is 5.67. The minimum absolute atomic E-state index is 0.292. The summed E-state index contributed by atoms with van der Waals surface area (Å²) < 4.78 is 0. The highest BCUT2D eigenvalue weighted by molar-refractivity contribution is 7.99. The van der Waals surface area contributed by atoms with Gasteiger partial charge in [0, 0.05) is 28.1 Å². The first-order valence-corrected chi connectivity index (χ1v) is 9.15. The van der Waals surface area contributed by atoms with Crippen molar-refractivity contribution in [3.63, 3.8) is 0 Å². The highest BCUT2D eigenvalue weighted by Gasteiger charge is 2.19. The van der Waals surface area contributed by atoms with Gasteiger partial charge in [-0.05, 0) is 36.3 Å². The van der Waals surface area contributed by atoms with Crippen LogP contribution in [0.3, 0.4) is 0 Å². The maximum absolute atomic E-state index is 6.00. The summed E-state index contributed by atoms with van der Waals surface area (Å²) in [5, 5.41) is 2.11. The number of thiophene rings is 1. The fourth-order valence-electron chi connectivity index (χ4n) is 2.27. The third kappa shape index (κ3) is 3.59. The predicted molar refractivity (Wildman–Crippen MR) is 99.9 cm³/mol. The minimum Gasteiger partial charge on any atom is -0.389 e. The molecule has 1 aromatic carbocycles. The van der Waals surface area contributed by atoms with E-state index >= 15 is 0 Å². The van der Waals surface area contributed by atoms with Crippen LogP contribution in [0.1, 0.15) is 30.3 Å². The Morgan fingerprint density at radius 2 is 2.14 bits per heavy atom. The van der Waals surface area contributed by atoms with Crippen LogP contribution in [0.5, 0.6) is 0 Å². The van der Waals surface area contributed by atoms with E-state index in [9.17, 15) is 0 Å². The van der Waals surface area contributed by atoms with Gasteiger partial charge in [-0.2, -0.15) is 0 Å². The molecule has 0 fully saturated rings. The Morgan fingerprint density at radius 3 is 2.71 bits per heavy atom. The standard InChI is InChI=1S/C16H20N2S3/c1-4-20-14-8-5-7-12(15(14)16(17)19)18(3)11(2)13-9-6-10-21-13/h5-11H,4H2,1-3H3,(H2,17,19). The van der Waals surface area contributed by atoms with E-state index < -0.39 is 0 Å². The van der Waals surface area contributed by atoms with E-state index in [0.29, 0.717) is 11.0 Å². The number of benzene rings is 1. The monoisotopic (exact) mass is 336 g/mol. The Hall–Kier alpha value is -1.04. The number of nitrogens with zero attached hydrogens (tertiary/aromatic N) is 1. The molecule has 0 spiro atoms. The van der Waals surface area contributed by atoms with Crippen LogP contribution in [0.2, 0.25) is 0 Å². The van der Waals surface area contributed by atoms with E-state index in [-0.39, 0.29) is 0 Å². The first-order valence-electron chi connectivity index (χ1n) is 6.88. The Morgan fingerprint density at radius 1 is 1.38 bits per heavy atom. The molecule has 5 heteroatoms. The van der Waals surface area contributed by atoms with E-state index in [1.807, 2.05) is 0 Å². The van der Waals surface area contributed by atoms with Crippen LogP contribution in [0.4, 0.5) is 5.69 Å². The summed E-state index contributed by atoms with van der Waals surface area (Å²) in [5.41, 5.74) is 8.09. The molecule has 0 saturated carbocycles. The van der Waals surface area contributed by atoms with Crippen molar-refractivity contribution in [2.75, 3.05) is 17.7 Å². The average molecular weight is 337 g/mol. The number of hydrogen-bond donors (Lipinski definition) is 1. The maximum Gasteiger partial charge on any atom is 0.107 e. The zero-order valence-electron chi connectivity index (χ0n) is 12.5. The van der Waals surface area contributed by atoms with Crippen molar-refractivity contribution in [2.45, 2.75) is 24.8 Å². The summed E-state index contributed by atoms with van der Waals surface area (Å²) >= 11 is 8.85. The SMILES string of the molecule is CCSc1cccc(N(C)C(C)c2cccs2)c1C(N)=S. The Balaban J connectivity index is 2.42. The molecule has 1 atom stereocenters. The number of thiocarbonyl (C=S) groups is 1. The minimum atomic E-state index is 0.292. The van der Waals surface area contributed by atoms with Crippen LogP contribution >= 0.6 is 35.3 Å². The van der Waals surface area contributed by atoms with Gasteiger partial charge >= 0.3 is 0 Å². The molecule has 2 aromatic rings. The summed E-state index contributed by atoms with van der Waals surface area (Å²) in [5.74, 6) is 1.00. The second-order valence-corrected chi connectivity index (χ2v) is 7.47. The van der Waals surface area contributed by atoms with E-state index in [1.165, 1.54) is 4.88 Å². The van der Waals surface area contributed by atoms with E-state index in [0.717, 1.165) is 21.9 Å². The molecule has 0 amide bonds. The van der Waals surface area contributed by atoms with Crippen LogP contribution in [-0.2, 0) is 0 Å². The highest BCUT2D eigenvalue weighted by Crippen LogP contribution is 2.35. The molecular formula is C16H20N2S3. The van der Waals surface area contributed by atoms with Crippen LogP contribution in [0.25, 0.3) is 0 Å². The second-order valence-electron chi connectivity index (χ2n) is 4.75. The fraction of sp³-hybridized carbons (Fsp3) is 0.312. The van der Waals surface area contributed by atoms with Crippen LogP contribution in [0.15, 0.2) is 40.6 Å². The summed E-state index contributed by atoms with van der Waals surface area (Å²) in [7, 11) is 2.10. The molecule has 0 radical (unpaired) electrons. The number of nitrogens with two attached hydrogens (primary N) is 1. The number of rotatable bonds is 6. The lowest BCUT2D eigenvalue weighted by Crippen LogP contribution is -2.25. The van der Waals surface area contributed by atoms with Crippen molar-refractivity contribution < 1.29 is 0 Å². The number of hydrogen-bond acceptors (Lipinski definition) is 4. The lowest BCUT2D eigenvalue weighted by Gasteiger charge is -2.29. The van der Waals surface area contributed by atoms with E-state index in [4.69, 9.17) is 18.0 Å². The zero-order valence-corrected chi connectivity index (χ0v) is 14.9. The number of thioether (sulfide) groups is 1. The van der Waals surface area contributed by atoms with Crippen LogP contribution in [0, 0.1) is 0 Å².